The molecule has 5 heteroatoms. The summed E-state index contributed by atoms with van der Waals surface area (Å²) in [4.78, 5) is 2.89. The van der Waals surface area contributed by atoms with Crippen molar-refractivity contribution in [2.75, 3.05) is 35.5 Å². The molecule has 0 amide bonds. The minimum absolute atomic E-state index is 1.22. The smallest absolute Gasteiger partial charge is 0.0537 e. The normalized spacial score (nSPS) is 11.8. The van der Waals surface area contributed by atoms with Crippen LogP contribution in [0.3, 0.4) is 0 Å². The Kier molecular flexibility index (Phi) is 15.5. The van der Waals surface area contributed by atoms with Gasteiger partial charge in [0.25, 0.3) is 0 Å². The van der Waals surface area contributed by atoms with Crippen LogP contribution in [-0.4, -0.2) is 43.6 Å². The van der Waals surface area contributed by atoms with Crippen LogP contribution in [0.5, 0.6) is 0 Å². The van der Waals surface area contributed by atoms with Crippen LogP contribution in [-0.2, 0) is 0 Å². The van der Waals surface area contributed by atoms with E-state index in [-0.39, 0.29) is 0 Å². The molecule has 0 fully saturated rings. The molecule has 33 heavy (non-hydrogen) atoms. The first-order chi connectivity index (χ1) is 16.1. The van der Waals surface area contributed by atoms with E-state index in [2.05, 4.69) is 98.4 Å². The zero-order valence-corrected chi connectivity index (χ0v) is 25.5. The van der Waals surface area contributed by atoms with Crippen LogP contribution in [0.25, 0.3) is 0 Å². The number of hydrogen-bond donors (Lipinski definition) is 0. The van der Waals surface area contributed by atoms with E-state index in [4.69, 9.17) is 0 Å². The zero-order chi connectivity index (χ0) is 23.8. The number of thioether (sulfide) groups is 4. The van der Waals surface area contributed by atoms with Crippen LogP contribution >= 0.6 is 47.0 Å². The molecule has 2 rings (SSSR count). The monoisotopic (exact) mass is 536 g/mol. The van der Waals surface area contributed by atoms with Crippen LogP contribution in [0.2, 0.25) is 24.2 Å². The summed E-state index contributed by atoms with van der Waals surface area (Å²) in [5, 5.41) is 0. The molecule has 0 radical (unpaired) electrons. The van der Waals surface area contributed by atoms with Gasteiger partial charge in [0.05, 0.1) is 8.07 Å². The van der Waals surface area contributed by atoms with Gasteiger partial charge in [-0.15, -0.1) is 23.5 Å². The summed E-state index contributed by atoms with van der Waals surface area (Å²) in [6.07, 6.45) is 10.2. The molecule has 0 aliphatic heterocycles. The van der Waals surface area contributed by atoms with E-state index in [0.717, 1.165) is 0 Å². The summed E-state index contributed by atoms with van der Waals surface area (Å²) < 4.78 is 0. The van der Waals surface area contributed by atoms with Gasteiger partial charge in [-0.05, 0) is 99.3 Å². The van der Waals surface area contributed by atoms with Gasteiger partial charge in [-0.2, -0.15) is 23.5 Å². The minimum atomic E-state index is -1.22. The van der Waals surface area contributed by atoms with Gasteiger partial charge in [0.2, 0.25) is 0 Å². The minimum Gasteiger partial charge on any atom is -0.165 e. The topological polar surface area (TPSA) is 0 Å². The van der Waals surface area contributed by atoms with Crippen molar-refractivity contribution in [3.63, 3.8) is 0 Å². The van der Waals surface area contributed by atoms with Crippen molar-refractivity contribution in [1.29, 1.82) is 0 Å². The van der Waals surface area contributed by atoms with Gasteiger partial charge in [-0.1, -0.05) is 59.6 Å². The zero-order valence-electron chi connectivity index (χ0n) is 21.2. The Morgan fingerprint density at radius 1 is 0.576 bits per heavy atom. The number of benzene rings is 2. The van der Waals surface area contributed by atoms with Gasteiger partial charge in [0.15, 0.2) is 0 Å². The Morgan fingerprint density at radius 3 is 1.33 bits per heavy atom. The Balaban J connectivity index is 1.93. The van der Waals surface area contributed by atoms with Crippen molar-refractivity contribution in [1.82, 2.24) is 0 Å². The summed E-state index contributed by atoms with van der Waals surface area (Å²) in [5.74, 6) is 5.24. The maximum Gasteiger partial charge on any atom is 0.0537 e. The highest BCUT2D eigenvalue weighted by atomic mass is 32.2. The molecule has 0 aromatic heterocycles. The quantitative estimate of drug-likeness (QED) is 0.105. The Morgan fingerprint density at radius 2 is 0.970 bits per heavy atom. The van der Waals surface area contributed by atoms with Crippen molar-refractivity contribution in [3.8, 4) is 0 Å². The molecule has 0 aliphatic carbocycles. The van der Waals surface area contributed by atoms with Crippen LogP contribution in [0, 0.1) is 13.8 Å². The van der Waals surface area contributed by atoms with Gasteiger partial charge in [-0.25, -0.2) is 0 Å². The maximum atomic E-state index is 2.34. The second-order valence-electron chi connectivity index (χ2n) is 9.23. The maximum absolute atomic E-state index is 2.34. The van der Waals surface area contributed by atoms with Crippen molar-refractivity contribution in [2.45, 2.75) is 73.5 Å². The second kappa shape index (κ2) is 17.5. The highest BCUT2D eigenvalue weighted by molar-refractivity contribution is 7.99. The van der Waals surface area contributed by atoms with Crippen LogP contribution in [0.4, 0.5) is 0 Å². The Bertz CT molecular complexity index is 714. The molecule has 2 aromatic rings. The standard InChI is InChI=1S/C28H44S4Si/c1-25-11-5-13-27(23-25)31-17-9-21-33(19-7-15-29-3,20-8-16-30-4)22-10-18-32-28-14-6-12-26(2)24-28/h5-6,11-14,23-24H,7-10,15-22H2,1-4H3. The lowest BCUT2D eigenvalue weighted by Gasteiger charge is -2.32. The predicted molar refractivity (Wildman–Crippen MR) is 164 cm³/mol. The first kappa shape index (κ1) is 29.3. The average Bonchev–Trinajstić information content (AvgIpc) is 2.80. The SMILES string of the molecule is CSCCC[Si](CCCSC)(CCCSc1cccc(C)c1)CCCSc1cccc(C)c1. The molecule has 0 spiro atoms. The van der Waals surface area contributed by atoms with E-state index < -0.39 is 8.07 Å². The molecule has 0 nitrogen and oxygen atoms in total. The predicted octanol–water partition coefficient (Wildman–Crippen LogP) is 9.92. The van der Waals surface area contributed by atoms with Gasteiger partial charge >= 0.3 is 0 Å². The van der Waals surface area contributed by atoms with E-state index in [1.165, 1.54) is 81.7 Å². The fourth-order valence-corrected chi connectivity index (χ4v) is 13.7. The van der Waals surface area contributed by atoms with Gasteiger partial charge in [0.1, 0.15) is 0 Å². The van der Waals surface area contributed by atoms with Crippen molar-refractivity contribution < 1.29 is 0 Å². The summed E-state index contributed by atoms with van der Waals surface area (Å²) in [6, 6.07) is 24.2. The van der Waals surface area contributed by atoms with Crippen LogP contribution < -0.4 is 0 Å². The summed E-state index contributed by atoms with van der Waals surface area (Å²) >= 11 is 8.21. The van der Waals surface area contributed by atoms with E-state index >= 15 is 0 Å². The van der Waals surface area contributed by atoms with E-state index in [1.54, 1.807) is 12.1 Å². The molecule has 0 heterocycles. The summed E-state index contributed by atoms with van der Waals surface area (Å²) in [6.45, 7) is 4.41. The molecule has 0 atom stereocenters. The first-order valence-corrected chi connectivity index (χ1v) is 20.0. The molecule has 0 saturated carbocycles. The third-order valence-corrected chi connectivity index (χ3v) is 15.5. The number of aryl methyl sites for hydroxylation is 2. The van der Waals surface area contributed by atoms with Crippen LogP contribution in [0.1, 0.15) is 36.8 Å². The molecule has 0 saturated heterocycles. The molecule has 0 aliphatic rings. The molecule has 184 valence electrons. The summed E-state index contributed by atoms with van der Waals surface area (Å²) in [7, 11) is -1.22. The molecule has 2 aromatic carbocycles. The molecular weight excluding hydrogens is 493 g/mol. The molecule has 0 unspecified atom stereocenters. The highest BCUT2D eigenvalue weighted by Crippen LogP contribution is 2.35. The molecular formula is C28H44S4Si. The lowest BCUT2D eigenvalue weighted by molar-refractivity contribution is 0.893. The number of rotatable bonds is 18. The van der Waals surface area contributed by atoms with Crippen molar-refractivity contribution in [3.05, 3.63) is 59.7 Å². The fourth-order valence-electron chi connectivity index (χ4n) is 4.62. The Hall–Kier alpha value is 0.0569. The van der Waals surface area contributed by atoms with E-state index in [0.29, 0.717) is 0 Å². The first-order valence-electron chi connectivity index (χ1n) is 12.4. The van der Waals surface area contributed by atoms with Gasteiger partial charge in [-0.3, -0.25) is 0 Å². The highest BCUT2D eigenvalue weighted by Gasteiger charge is 2.30. The lowest BCUT2D eigenvalue weighted by atomic mass is 10.2. The fraction of sp³-hybridized carbons (Fsp3) is 0.571. The molecule has 0 N–H and O–H groups in total. The van der Waals surface area contributed by atoms with Gasteiger partial charge < -0.3 is 0 Å². The Labute approximate surface area is 222 Å². The average molecular weight is 537 g/mol. The second-order valence-corrected chi connectivity index (χ2v) is 18.5. The van der Waals surface area contributed by atoms with Crippen molar-refractivity contribution in [2.24, 2.45) is 0 Å². The van der Waals surface area contributed by atoms with Crippen LogP contribution in [0.15, 0.2) is 58.3 Å². The lowest BCUT2D eigenvalue weighted by Crippen LogP contribution is -2.34. The van der Waals surface area contributed by atoms with Crippen molar-refractivity contribution >= 4 is 55.1 Å². The van der Waals surface area contributed by atoms with E-state index in [9.17, 15) is 0 Å². The van der Waals surface area contributed by atoms with E-state index in [1.807, 2.05) is 23.5 Å². The molecule has 0 bridgehead atoms. The number of hydrogen-bond acceptors (Lipinski definition) is 4. The van der Waals surface area contributed by atoms with Gasteiger partial charge in [0, 0.05) is 9.79 Å². The third kappa shape index (κ3) is 12.5. The summed E-state index contributed by atoms with van der Waals surface area (Å²) in [5.41, 5.74) is 2.76. The largest absolute Gasteiger partial charge is 0.165 e. The third-order valence-electron chi connectivity index (χ3n) is 6.33.